The van der Waals surface area contributed by atoms with Crippen molar-refractivity contribution in [3.05, 3.63) is 0 Å². The molecule has 0 aromatic carbocycles. The van der Waals surface area contributed by atoms with Crippen LogP contribution >= 0.6 is 0 Å². The smallest absolute Gasteiger partial charge is 0.318 e. The number of rotatable bonds is 6. The number of hydrogen-bond acceptors (Lipinski definition) is 3. The van der Waals surface area contributed by atoms with Crippen LogP contribution in [0.25, 0.3) is 0 Å². The minimum Gasteiger partial charge on any atom is -0.481 e. The first kappa shape index (κ1) is 16.2. The zero-order valence-corrected chi connectivity index (χ0v) is 11.2. The third-order valence-corrected chi connectivity index (χ3v) is 2.77. The molecule has 7 heteroatoms. The van der Waals surface area contributed by atoms with Gasteiger partial charge in [-0.3, -0.25) is 9.59 Å². The van der Waals surface area contributed by atoms with E-state index in [-0.39, 0.29) is 12.5 Å². The highest BCUT2D eigenvalue weighted by atomic mass is 16.4. The van der Waals surface area contributed by atoms with Gasteiger partial charge in [0.25, 0.3) is 0 Å². The van der Waals surface area contributed by atoms with E-state index in [1.54, 1.807) is 13.8 Å². The van der Waals surface area contributed by atoms with Crippen LogP contribution in [0.1, 0.15) is 20.8 Å². The molecule has 0 spiro atoms. The predicted molar refractivity (Wildman–Crippen MR) is 66.1 cm³/mol. The number of hydrogen-bond donors (Lipinski definition) is 3. The first-order chi connectivity index (χ1) is 8.33. The topological polar surface area (TPSA) is 98.7 Å². The normalized spacial score (nSPS) is 13.3. The number of carbonyl (C=O) groups is 3. The standard InChI is InChI=1S/C11H21N3O4/c1-5-14(6-9(15)12-4)11(18)13-8(3)7(2)10(16)17/h7-8H,5-6H2,1-4H3,(H,12,15)(H,13,18)(H,16,17). The summed E-state index contributed by atoms with van der Waals surface area (Å²) in [4.78, 5) is 35.1. The largest absolute Gasteiger partial charge is 0.481 e. The number of nitrogens with zero attached hydrogens (tertiary/aromatic N) is 1. The lowest BCUT2D eigenvalue weighted by Crippen LogP contribution is -2.49. The molecule has 2 atom stereocenters. The number of urea groups is 1. The van der Waals surface area contributed by atoms with Gasteiger partial charge in [0, 0.05) is 19.6 Å². The van der Waals surface area contributed by atoms with E-state index in [9.17, 15) is 14.4 Å². The van der Waals surface area contributed by atoms with Crippen LogP contribution in [0.2, 0.25) is 0 Å². The Morgan fingerprint density at radius 1 is 1.28 bits per heavy atom. The van der Waals surface area contributed by atoms with E-state index in [0.717, 1.165) is 0 Å². The molecule has 0 saturated carbocycles. The van der Waals surface area contributed by atoms with Crippen molar-refractivity contribution in [2.75, 3.05) is 20.1 Å². The molecule has 3 amide bonds. The predicted octanol–water partition coefficient (Wildman–Crippen LogP) is -0.127. The molecule has 0 aliphatic carbocycles. The fraction of sp³-hybridized carbons (Fsp3) is 0.727. The van der Waals surface area contributed by atoms with Gasteiger partial charge in [0.1, 0.15) is 6.54 Å². The van der Waals surface area contributed by atoms with Gasteiger partial charge in [0.2, 0.25) is 5.91 Å². The second kappa shape index (κ2) is 7.52. The fourth-order valence-corrected chi connectivity index (χ4v) is 1.20. The summed E-state index contributed by atoms with van der Waals surface area (Å²) in [7, 11) is 1.49. The molecule has 0 heterocycles. The van der Waals surface area contributed by atoms with Crippen molar-refractivity contribution in [1.82, 2.24) is 15.5 Å². The van der Waals surface area contributed by atoms with E-state index in [0.29, 0.717) is 6.54 Å². The molecule has 0 fully saturated rings. The van der Waals surface area contributed by atoms with E-state index in [4.69, 9.17) is 5.11 Å². The number of carboxylic acid groups (broad SMARTS) is 1. The van der Waals surface area contributed by atoms with Crippen molar-refractivity contribution < 1.29 is 19.5 Å². The molecular formula is C11H21N3O4. The summed E-state index contributed by atoms with van der Waals surface area (Å²) in [6.45, 7) is 5.20. The molecule has 0 saturated heterocycles. The molecule has 7 nitrogen and oxygen atoms in total. The van der Waals surface area contributed by atoms with Gasteiger partial charge in [0.15, 0.2) is 0 Å². The SMILES string of the molecule is CCN(CC(=O)NC)C(=O)NC(C)C(C)C(=O)O. The summed E-state index contributed by atoms with van der Waals surface area (Å²) in [5, 5.41) is 13.8. The number of likely N-dealkylation sites (N-methyl/N-ethyl adjacent to an activating group) is 2. The van der Waals surface area contributed by atoms with E-state index >= 15 is 0 Å². The molecule has 0 aliphatic rings. The molecule has 104 valence electrons. The van der Waals surface area contributed by atoms with E-state index in [1.807, 2.05) is 0 Å². The van der Waals surface area contributed by atoms with Gasteiger partial charge < -0.3 is 20.6 Å². The van der Waals surface area contributed by atoms with Gasteiger partial charge >= 0.3 is 12.0 Å². The summed E-state index contributed by atoms with van der Waals surface area (Å²) in [6.07, 6.45) is 0. The van der Waals surface area contributed by atoms with Gasteiger partial charge in [0.05, 0.1) is 5.92 Å². The Hall–Kier alpha value is -1.79. The van der Waals surface area contributed by atoms with E-state index in [2.05, 4.69) is 10.6 Å². The average Bonchev–Trinajstić information content (AvgIpc) is 2.33. The Balaban J connectivity index is 4.44. The molecule has 0 aliphatic heterocycles. The lowest BCUT2D eigenvalue weighted by Gasteiger charge is -2.24. The van der Waals surface area contributed by atoms with Crippen molar-refractivity contribution >= 4 is 17.9 Å². The molecule has 0 bridgehead atoms. The maximum atomic E-state index is 11.8. The molecule has 2 unspecified atom stereocenters. The summed E-state index contributed by atoms with van der Waals surface area (Å²) >= 11 is 0. The second-order valence-electron chi connectivity index (χ2n) is 4.05. The second-order valence-corrected chi connectivity index (χ2v) is 4.05. The summed E-state index contributed by atoms with van der Waals surface area (Å²) in [5.41, 5.74) is 0. The quantitative estimate of drug-likeness (QED) is 0.619. The Morgan fingerprint density at radius 2 is 1.83 bits per heavy atom. The van der Waals surface area contributed by atoms with Crippen LogP contribution in [-0.4, -0.2) is 54.1 Å². The highest BCUT2D eigenvalue weighted by Gasteiger charge is 2.23. The molecule has 0 rings (SSSR count). The Morgan fingerprint density at radius 3 is 2.22 bits per heavy atom. The number of aliphatic carboxylic acids is 1. The lowest BCUT2D eigenvalue weighted by molar-refractivity contribution is -0.141. The third kappa shape index (κ3) is 5.03. The van der Waals surface area contributed by atoms with Gasteiger partial charge in [-0.1, -0.05) is 0 Å². The van der Waals surface area contributed by atoms with Crippen molar-refractivity contribution in [2.45, 2.75) is 26.8 Å². The first-order valence-electron chi connectivity index (χ1n) is 5.82. The van der Waals surface area contributed by atoms with Crippen molar-refractivity contribution in [2.24, 2.45) is 5.92 Å². The van der Waals surface area contributed by atoms with Crippen molar-refractivity contribution in [3.63, 3.8) is 0 Å². The number of carboxylic acids is 1. The monoisotopic (exact) mass is 259 g/mol. The van der Waals surface area contributed by atoms with E-state index in [1.165, 1.54) is 18.9 Å². The van der Waals surface area contributed by atoms with E-state index < -0.39 is 24.0 Å². The van der Waals surface area contributed by atoms with Crippen LogP contribution in [0.4, 0.5) is 4.79 Å². The highest BCUT2D eigenvalue weighted by molar-refractivity contribution is 5.84. The maximum absolute atomic E-state index is 11.8. The zero-order chi connectivity index (χ0) is 14.3. The van der Waals surface area contributed by atoms with Crippen molar-refractivity contribution in [1.29, 1.82) is 0 Å². The summed E-state index contributed by atoms with van der Waals surface area (Å²) in [5.74, 6) is -1.93. The maximum Gasteiger partial charge on any atom is 0.318 e. The molecule has 0 aromatic rings. The molecule has 18 heavy (non-hydrogen) atoms. The molecular weight excluding hydrogens is 238 g/mol. The van der Waals surface area contributed by atoms with Crippen LogP contribution in [0.15, 0.2) is 0 Å². The molecule has 3 N–H and O–H groups in total. The molecule has 0 radical (unpaired) electrons. The Labute approximate surface area is 107 Å². The van der Waals surface area contributed by atoms with Crippen LogP contribution in [0.5, 0.6) is 0 Å². The van der Waals surface area contributed by atoms with Gasteiger partial charge in [-0.25, -0.2) is 4.79 Å². The number of carbonyl (C=O) groups excluding carboxylic acids is 2. The van der Waals surface area contributed by atoms with Gasteiger partial charge in [-0.15, -0.1) is 0 Å². The van der Waals surface area contributed by atoms with Crippen LogP contribution in [0.3, 0.4) is 0 Å². The Bertz CT molecular complexity index is 319. The lowest BCUT2D eigenvalue weighted by atomic mass is 10.0. The van der Waals surface area contributed by atoms with Crippen LogP contribution in [-0.2, 0) is 9.59 Å². The first-order valence-corrected chi connectivity index (χ1v) is 5.82. The fourth-order valence-electron chi connectivity index (χ4n) is 1.20. The number of amides is 3. The number of nitrogens with one attached hydrogen (secondary N) is 2. The van der Waals surface area contributed by atoms with Crippen LogP contribution < -0.4 is 10.6 Å². The average molecular weight is 259 g/mol. The Kier molecular flexibility index (Phi) is 6.77. The minimum atomic E-state index is -0.975. The highest BCUT2D eigenvalue weighted by Crippen LogP contribution is 2.03. The van der Waals surface area contributed by atoms with Gasteiger partial charge in [-0.05, 0) is 20.8 Å². The third-order valence-electron chi connectivity index (χ3n) is 2.77. The van der Waals surface area contributed by atoms with Gasteiger partial charge in [-0.2, -0.15) is 0 Å². The van der Waals surface area contributed by atoms with Crippen LogP contribution in [0, 0.1) is 5.92 Å². The zero-order valence-electron chi connectivity index (χ0n) is 11.2. The summed E-state index contributed by atoms with van der Waals surface area (Å²) < 4.78 is 0. The van der Waals surface area contributed by atoms with Crippen molar-refractivity contribution in [3.8, 4) is 0 Å². The summed E-state index contributed by atoms with van der Waals surface area (Å²) in [6, 6.07) is -0.949. The molecule has 0 aromatic heterocycles. The minimum absolute atomic E-state index is 0.0486.